The third-order valence-electron chi connectivity index (χ3n) is 4.66. The molecule has 1 fully saturated rings. The van der Waals surface area contributed by atoms with E-state index in [4.69, 9.17) is 9.47 Å². The van der Waals surface area contributed by atoms with Gasteiger partial charge in [-0.2, -0.15) is 4.98 Å². The number of likely N-dealkylation sites (tertiary alicyclic amines) is 1. The van der Waals surface area contributed by atoms with Gasteiger partial charge in [-0.05, 0) is 32.5 Å². The maximum atomic E-state index is 12.4. The lowest BCUT2D eigenvalue weighted by Gasteiger charge is -2.19. The largest absolute Gasteiger partial charge is 0.492 e. The summed E-state index contributed by atoms with van der Waals surface area (Å²) in [6, 6.07) is 2.52. The SMILES string of the molecule is CN1CCCC1COc1nc2cc(Br)c3c(c2c(=O)[nH]1)OCC3. The van der Waals surface area contributed by atoms with Gasteiger partial charge in [0.05, 0.1) is 12.1 Å². The van der Waals surface area contributed by atoms with Gasteiger partial charge >= 0.3 is 0 Å². The lowest BCUT2D eigenvalue weighted by atomic mass is 10.1. The van der Waals surface area contributed by atoms with Gasteiger partial charge in [-0.3, -0.25) is 9.78 Å². The van der Waals surface area contributed by atoms with Gasteiger partial charge in [-0.15, -0.1) is 0 Å². The Kier molecular flexibility index (Phi) is 3.77. The van der Waals surface area contributed by atoms with Crippen molar-refractivity contribution in [1.82, 2.24) is 14.9 Å². The summed E-state index contributed by atoms with van der Waals surface area (Å²) in [5.74, 6) is 0.644. The van der Waals surface area contributed by atoms with E-state index in [0.29, 0.717) is 35.9 Å². The number of H-pyrrole nitrogens is 1. The fourth-order valence-corrected chi connectivity index (χ4v) is 3.94. The molecule has 0 spiro atoms. The van der Waals surface area contributed by atoms with Crippen molar-refractivity contribution in [3.05, 3.63) is 26.5 Å². The normalized spacial score (nSPS) is 20.7. The summed E-state index contributed by atoms with van der Waals surface area (Å²) in [4.78, 5) is 21.9. The Labute approximate surface area is 141 Å². The number of nitrogens with zero attached hydrogens (tertiary/aromatic N) is 2. The molecule has 0 bridgehead atoms. The molecular weight excluding hydrogens is 362 g/mol. The number of rotatable bonds is 3. The van der Waals surface area contributed by atoms with Crippen molar-refractivity contribution in [1.29, 1.82) is 0 Å². The lowest BCUT2D eigenvalue weighted by molar-refractivity contribution is 0.188. The first-order valence-electron chi connectivity index (χ1n) is 7.84. The second-order valence-electron chi connectivity index (χ2n) is 6.12. The van der Waals surface area contributed by atoms with Gasteiger partial charge in [0.15, 0.2) is 0 Å². The van der Waals surface area contributed by atoms with Crippen LogP contribution in [0.2, 0.25) is 0 Å². The third-order valence-corrected chi connectivity index (χ3v) is 5.37. The molecule has 23 heavy (non-hydrogen) atoms. The average Bonchev–Trinajstić information content (AvgIpc) is 3.14. The highest BCUT2D eigenvalue weighted by atomic mass is 79.9. The van der Waals surface area contributed by atoms with E-state index in [2.05, 4.69) is 37.8 Å². The van der Waals surface area contributed by atoms with Crippen molar-refractivity contribution in [2.75, 3.05) is 26.8 Å². The number of benzene rings is 1. The highest BCUT2D eigenvalue weighted by Crippen LogP contribution is 2.37. The van der Waals surface area contributed by atoms with Crippen LogP contribution in [0.5, 0.6) is 11.8 Å². The average molecular weight is 380 g/mol. The van der Waals surface area contributed by atoms with E-state index in [-0.39, 0.29) is 11.6 Å². The monoisotopic (exact) mass is 379 g/mol. The number of aromatic amines is 1. The van der Waals surface area contributed by atoms with Gasteiger partial charge in [0.25, 0.3) is 11.6 Å². The fraction of sp³-hybridized carbons (Fsp3) is 0.500. The zero-order valence-corrected chi connectivity index (χ0v) is 14.5. The first kappa shape index (κ1) is 15.0. The van der Waals surface area contributed by atoms with Crippen LogP contribution < -0.4 is 15.0 Å². The molecule has 0 saturated carbocycles. The van der Waals surface area contributed by atoms with E-state index in [0.717, 1.165) is 29.4 Å². The molecule has 6 nitrogen and oxygen atoms in total. The molecule has 1 aromatic carbocycles. The van der Waals surface area contributed by atoms with Gasteiger partial charge < -0.3 is 14.4 Å². The smallest absolute Gasteiger partial charge is 0.297 e. The Morgan fingerprint density at radius 3 is 3.22 bits per heavy atom. The molecule has 0 radical (unpaired) electrons. The van der Waals surface area contributed by atoms with Gasteiger partial charge in [-0.1, -0.05) is 15.9 Å². The van der Waals surface area contributed by atoms with Crippen LogP contribution in [0.3, 0.4) is 0 Å². The van der Waals surface area contributed by atoms with E-state index in [1.165, 1.54) is 6.42 Å². The maximum absolute atomic E-state index is 12.4. The van der Waals surface area contributed by atoms with Crippen LogP contribution in [0.1, 0.15) is 18.4 Å². The topological polar surface area (TPSA) is 67.5 Å². The Morgan fingerprint density at radius 1 is 1.57 bits per heavy atom. The van der Waals surface area contributed by atoms with E-state index < -0.39 is 0 Å². The van der Waals surface area contributed by atoms with Crippen molar-refractivity contribution in [2.24, 2.45) is 0 Å². The number of hydrogen-bond acceptors (Lipinski definition) is 5. The molecule has 1 N–H and O–H groups in total. The minimum Gasteiger partial charge on any atom is -0.492 e. The molecule has 2 aromatic rings. The number of fused-ring (bicyclic) bond motifs is 3. The summed E-state index contributed by atoms with van der Waals surface area (Å²) in [7, 11) is 2.09. The summed E-state index contributed by atoms with van der Waals surface area (Å²) >= 11 is 3.54. The van der Waals surface area contributed by atoms with Crippen LogP contribution in [0.25, 0.3) is 10.9 Å². The second kappa shape index (κ2) is 5.79. The Bertz CT molecular complexity index is 820. The Morgan fingerprint density at radius 2 is 2.43 bits per heavy atom. The fourth-order valence-electron chi connectivity index (χ4n) is 3.34. The maximum Gasteiger partial charge on any atom is 0.297 e. The molecule has 3 heterocycles. The first-order valence-corrected chi connectivity index (χ1v) is 8.64. The lowest BCUT2D eigenvalue weighted by Crippen LogP contribution is -2.31. The second-order valence-corrected chi connectivity index (χ2v) is 6.97. The summed E-state index contributed by atoms with van der Waals surface area (Å²) < 4.78 is 12.3. The van der Waals surface area contributed by atoms with Crippen LogP contribution in [0, 0.1) is 0 Å². The number of nitrogens with one attached hydrogen (secondary N) is 1. The van der Waals surface area contributed by atoms with Crippen LogP contribution >= 0.6 is 15.9 Å². The molecule has 2 aliphatic rings. The molecule has 1 saturated heterocycles. The zero-order valence-electron chi connectivity index (χ0n) is 12.9. The van der Waals surface area contributed by atoms with Crippen molar-refractivity contribution >= 4 is 26.8 Å². The third kappa shape index (κ3) is 2.61. The molecule has 0 aliphatic carbocycles. The molecule has 1 aromatic heterocycles. The van der Waals surface area contributed by atoms with Gasteiger partial charge in [0.2, 0.25) is 0 Å². The highest BCUT2D eigenvalue weighted by molar-refractivity contribution is 9.10. The standard InChI is InChI=1S/C16H18BrN3O3/c1-20-5-2-3-9(20)8-23-16-18-12-7-11(17)10-4-6-22-14(10)13(12)15(21)19-16/h7,9H,2-6,8H2,1H3,(H,18,19,21). The minimum atomic E-state index is -0.213. The molecule has 0 amide bonds. The number of hydrogen-bond donors (Lipinski definition) is 1. The minimum absolute atomic E-state index is 0.213. The van der Waals surface area contributed by atoms with Crippen LogP contribution in [-0.4, -0.2) is 47.7 Å². The van der Waals surface area contributed by atoms with Gasteiger partial charge in [0.1, 0.15) is 17.7 Å². The van der Waals surface area contributed by atoms with Crippen molar-refractivity contribution in [3.8, 4) is 11.8 Å². The number of ether oxygens (including phenoxy) is 2. The molecule has 7 heteroatoms. The van der Waals surface area contributed by atoms with Crippen LogP contribution in [0.15, 0.2) is 15.3 Å². The highest BCUT2D eigenvalue weighted by Gasteiger charge is 2.24. The quantitative estimate of drug-likeness (QED) is 0.884. The molecular formula is C16H18BrN3O3. The zero-order chi connectivity index (χ0) is 16.0. The summed E-state index contributed by atoms with van der Waals surface area (Å²) in [6.07, 6.45) is 3.10. The van der Waals surface area contributed by atoms with E-state index in [1.807, 2.05) is 6.07 Å². The predicted octanol–water partition coefficient (Wildman–Crippen LogP) is 2.09. The van der Waals surface area contributed by atoms with E-state index in [1.54, 1.807) is 0 Å². The number of aromatic nitrogens is 2. The first-order chi connectivity index (χ1) is 11.1. The van der Waals surface area contributed by atoms with Crippen molar-refractivity contribution in [2.45, 2.75) is 25.3 Å². The Hall–Kier alpha value is -1.60. The van der Waals surface area contributed by atoms with Gasteiger partial charge in [0, 0.05) is 22.5 Å². The summed E-state index contributed by atoms with van der Waals surface area (Å²) in [5, 5.41) is 0.506. The van der Waals surface area contributed by atoms with E-state index in [9.17, 15) is 4.79 Å². The van der Waals surface area contributed by atoms with Crippen molar-refractivity contribution < 1.29 is 9.47 Å². The molecule has 1 unspecified atom stereocenters. The van der Waals surface area contributed by atoms with Crippen LogP contribution in [-0.2, 0) is 6.42 Å². The molecule has 4 rings (SSSR count). The Balaban J connectivity index is 1.67. The van der Waals surface area contributed by atoms with Crippen LogP contribution in [0.4, 0.5) is 0 Å². The van der Waals surface area contributed by atoms with Crippen molar-refractivity contribution in [3.63, 3.8) is 0 Å². The number of halogens is 1. The molecule has 2 aliphatic heterocycles. The molecule has 122 valence electrons. The predicted molar refractivity (Wildman–Crippen MR) is 90.4 cm³/mol. The van der Waals surface area contributed by atoms with E-state index >= 15 is 0 Å². The summed E-state index contributed by atoms with van der Waals surface area (Å²) in [5.41, 5.74) is 1.41. The van der Waals surface area contributed by atoms with Gasteiger partial charge in [-0.25, -0.2) is 0 Å². The molecule has 1 atom stereocenters. The number of likely N-dealkylation sites (N-methyl/N-ethyl adjacent to an activating group) is 1. The summed E-state index contributed by atoms with van der Waals surface area (Å²) in [6.45, 7) is 2.22.